The zero-order chi connectivity index (χ0) is 17.9. The molecule has 1 saturated heterocycles. The highest BCUT2D eigenvalue weighted by atomic mass is 35.5. The fourth-order valence-electron chi connectivity index (χ4n) is 4.34. The number of fused-ring (bicyclic) bond motifs is 1. The maximum Gasteiger partial charge on any atom is 0.231 e. The van der Waals surface area contributed by atoms with Crippen LogP contribution >= 0.6 is 24.8 Å². The number of nitrogens with two attached hydrogens (primary N) is 1. The van der Waals surface area contributed by atoms with Gasteiger partial charge in [0.1, 0.15) is 0 Å². The first-order valence-corrected chi connectivity index (χ1v) is 9.67. The Kier molecular flexibility index (Phi) is 8.17. The van der Waals surface area contributed by atoms with E-state index in [1.54, 1.807) is 0 Å². The highest BCUT2D eigenvalue weighted by Gasteiger charge is 2.32. The van der Waals surface area contributed by atoms with Gasteiger partial charge in [0.15, 0.2) is 0 Å². The number of rotatable bonds is 3. The number of benzene rings is 2. The molecule has 0 radical (unpaired) electrons. The molecular formula is C22H29Cl2N3O. The summed E-state index contributed by atoms with van der Waals surface area (Å²) in [4.78, 5) is 17.7. The second-order valence-electron chi connectivity index (χ2n) is 7.50. The third-order valence-corrected chi connectivity index (χ3v) is 5.66. The van der Waals surface area contributed by atoms with Crippen molar-refractivity contribution in [3.63, 3.8) is 0 Å². The molecule has 0 aromatic heterocycles. The highest BCUT2D eigenvalue weighted by Crippen LogP contribution is 2.33. The summed E-state index contributed by atoms with van der Waals surface area (Å²) in [6.07, 6.45) is 4.03. The van der Waals surface area contributed by atoms with E-state index in [4.69, 9.17) is 5.73 Å². The third kappa shape index (κ3) is 4.80. The van der Waals surface area contributed by atoms with E-state index >= 15 is 0 Å². The average Bonchev–Trinajstić information content (AvgIpc) is 2.68. The van der Waals surface area contributed by atoms with Crippen LogP contribution in [0.15, 0.2) is 48.5 Å². The summed E-state index contributed by atoms with van der Waals surface area (Å²) in [5, 5.41) is 0. The van der Waals surface area contributed by atoms with Crippen molar-refractivity contribution >= 4 is 42.1 Å². The van der Waals surface area contributed by atoms with E-state index in [1.165, 1.54) is 5.56 Å². The largest absolute Gasteiger partial charge is 0.398 e. The molecule has 2 aliphatic rings. The molecule has 2 aromatic carbocycles. The Labute approximate surface area is 179 Å². The molecule has 0 aliphatic carbocycles. The first-order chi connectivity index (χ1) is 12.7. The van der Waals surface area contributed by atoms with E-state index < -0.39 is 0 Å². The van der Waals surface area contributed by atoms with Gasteiger partial charge < -0.3 is 10.6 Å². The summed E-state index contributed by atoms with van der Waals surface area (Å²) in [5.41, 5.74) is 10.4. The summed E-state index contributed by atoms with van der Waals surface area (Å²) in [6.45, 7) is 3.66. The van der Waals surface area contributed by atoms with Crippen LogP contribution in [0.5, 0.6) is 0 Å². The lowest BCUT2D eigenvalue weighted by atomic mass is 9.93. The number of nitrogens with zero attached hydrogens (tertiary/aromatic N) is 2. The second kappa shape index (κ2) is 10.1. The molecule has 6 heteroatoms. The monoisotopic (exact) mass is 421 g/mol. The summed E-state index contributed by atoms with van der Waals surface area (Å²) in [5.74, 6) is 0.356. The molecule has 2 N–H and O–H groups in total. The molecule has 0 spiro atoms. The van der Waals surface area contributed by atoms with Crippen LogP contribution in [0.4, 0.5) is 11.4 Å². The zero-order valence-corrected chi connectivity index (χ0v) is 17.7. The number of hydrogen-bond acceptors (Lipinski definition) is 3. The number of piperidine rings is 1. The van der Waals surface area contributed by atoms with E-state index in [-0.39, 0.29) is 36.6 Å². The summed E-state index contributed by atoms with van der Waals surface area (Å²) < 4.78 is 0. The third-order valence-electron chi connectivity index (χ3n) is 5.66. The van der Waals surface area contributed by atoms with Crippen LogP contribution in [0.2, 0.25) is 0 Å². The molecule has 1 unspecified atom stereocenters. The maximum atomic E-state index is 13.3. The van der Waals surface area contributed by atoms with Crippen LogP contribution in [-0.2, 0) is 17.8 Å². The number of amides is 1. The van der Waals surface area contributed by atoms with Crippen LogP contribution in [0.25, 0.3) is 0 Å². The first-order valence-electron chi connectivity index (χ1n) is 9.67. The number of anilines is 2. The number of nitrogen functional groups attached to an aromatic ring is 1. The summed E-state index contributed by atoms with van der Waals surface area (Å²) in [6, 6.07) is 16.5. The van der Waals surface area contributed by atoms with Crippen molar-refractivity contribution in [3.05, 3.63) is 59.7 Å². The lowest BCUT2D eigenvalue weighted by molar-refractivity contribution is -0.124. The SMILES string of the molecule is Cl.Cl.Nc1cccc2c1CCCN2C(=O)C1CCCN(Cc2ccccc2)C1. The van der Waals surface area contributed by atoms with Crippen molar-refractivity contribution in [2.75, 3.05) is 30.3 Å². The van der Waals surface area contributed by atoms with Gasteiger partial charge in [0.05, 0.1) is 5.92 Å². The number of carbonyl (C=O) groups excluding carboxylic acids is 1. The van der Waals surface area contributed by atoms with E-state index in [2.05, 4.69) is 29.2 Å². The number of hydrogen-bond donors (Lipinski definition) is 1. The molecule has 1 amide bonds. The van der Waals surface area contributed by atoms with Crippen molar-refractivity contribution < 1.29 is 4.79 Å². The van der Waals surface area contributed by atoms with E-state index in [0.29, 0.717) is 0 Å². The minimum Gasteiger partial charge on any atom is -0.398 e. The molecule has 152 valence electrons. The van der Waals surface area contributed by atoms with Gasteiger partial charge in [-0.1, -0.05) is 36.4 Å². The average molecular weight is 422 g/mol. The fraction of sp³-hybridized carbons (Fsp3) is 0.409. The van der Waals surface area contributed by atoms with Gasteiger partial charge in [-0.25, -0.2) is 0 Å². The van der Waals surface area contributed by atoms with Gasteiger partial charge in [-0.05, 0) is 55.5 Å². The summed E-state index contributed by atoms with van der Waals surface area (Å²) in [7, 11) is 0. The molecule has 2 aromatic rings. The molecule has 4 rings (SSSR count). The normalized spacial score (nSPS) is 19.1. The quantitative estimate of drug-likeness (QED) is 0.751. The maximum absolute atomic E-state index is 13.3. The number of likely N-dealkylation sites (tertiary alicyclic amines) is 1. The summed E-state index contributed by atoms with van der Waals surface area (Å²) >= 11 is 0. The fourth-order valence-corrected chi connectivity index (χ4v) is 4.34. The zero-order valence-electron chi connectivity index (χ0n) is 16.0. The van der Waals surface area contributed by atoms with Gasteiger partial charge in [-0.2, -0.15) is 0 Å². The predicted octanol–water partition coefficient (Wildman–Crippen LogP) is 4.30. The molecule has 1 atom stereocenters. The Hall–Kier alpha value is -1.75. The molecule has 0 bridgehead atoms. The Balaban J connectivity index is 0.00000140. The van der Waals surface area contributed by atoms with Crippen molar-refractivity contribution in [2.45, 2.75) is 32.2 Å². The lowest BCUT2D eigenvalue weighted by Crippen LogP contribution is -2.46. The second-order valence-corrected chi connectivity index (χ2v) is 7.50. The molecule has 28 heavy (non-hydrogen) atoms. The molecule has 2 aliphatic heterocycles. The van der Waals surface area contributed by atoms with Crippen LogP contribution in [0, 0.1) is 5.92 Å². The van der Waals surface area contributed by atoms with Crippen molar-refractivity contribution in [1.82, 2.24) is 4.90 Å². The van der Waals surface area contributed by atoms with Crippen molar-refractivity contribution in [2.24, 2.45) is 5.92 Å². The Morgan fingerprint density at radius 2 is 1.79 bits per heavy atom. The minimum absolute atomic E-state index is 0. The molecule has 4 nitrogen and oxygen atoms in total. The Bertz CT molecular complexity index is 785. The lowest BCUT2D eigenvalue weighted by Gasteiger charge is -2.37. The van der Waals surface area contributed by atoms with Gasteiger partial charge in [0.25, 0.3) is 0 Å². The topological polar surface area (TPSA) is 49.6 Å². The van der Waals surface area contributed by atoms with Crippen LogP contribution < -0.4 is 10.6 Å². The number of carbonyl (C=O) groups is 1. The van der Waals surface area contributed by atoms with Gasteiger partial charge in [0, 0.05) is 31.0 Å². The van der Waals surface area contributed by atoms with E-state index in [9.17, 15) is 4.79 Å². The first kappa shape index (κ1) is 22.5. The standard InChI is InChI=1S/C22H27N3O.2ClH/c23-20-11-4-12-21-19(20)10-6-14-25(21)22(26)18-9-5-13-24(16-18)15-17-7-2-1-3-8-17;;/h1-4,7-8,11-12,18H,5-6,9-10,13-16,23H2;2*1H. The highest BCUT2D eigenvalue weighted by molar-refractivity contribution is 5.97. The van der Waals surface area contributed by atoms with Gasteiger partial charge >= 0.3 is 0 Å². The molecule has 2 heterocycles. The van der Waals surface area contributed by atoms with Gasteiger partial charge in [0.2, 0.25) is 5.91 Å². The van der Waals surface area contributed by atoms with Crippen molar-refractivity contribution in [3.8, 4) is 0 Å². The van der Waals surface area contributed by atoms with Crippen LogP contribution in [0.3, 0.4) is 0 Å². The number of halogens is 2. The Morgan fingerprint density at radius 1 is 1.00 bits per heavy atom. The van der Waals surface area contributed by atoms with Crippen LogP contribution in [-0.4, -0.2) is 30.4 Å². The van der Waals surface area contributed by atoms with Crippen LogP contribution in [0.1, 0.15) is 30.4 Å². The molecule has 0 saturated carbocycles. The van der Waals surface area contributed by atoms with Gasteiger partial charge in [-0.15, -0.1) is 24.8 Å². The smallest absolute Gasteiger partial charge is 0.231 e. The van der Waals surface area contributed by atoms with E-state index in [1.807, 2.05) is 29.2 Å². The van der Waals surface area contributed by atoms with Crippen molar-refractivity contribution in [1.29, 1.82) is 0 Å². The molecule has 1 fully saturated rings. The molecular weight excluding hydrogens is 393 g/mol. The van der Waals surface area contributed by atoms with Gasteiger partial charge in [-0.3, -0.25) is 9.69 Å². The predicted molar refractivity (Wildman–Crippen MR) is 120 cm³/mol. The van der Waals surface area contributed by atoms with E-state index in [0.717, 1.165) is 68.8 Å². The Morgan fingerprint density at radius 3 is 2.57 bits per heavy atom. The minimum atomic E-state index is 0.